The molecular weight excluding hydrogens is 278 g/mol. The molecule has 0 atom stereocenters. The SMILES string of the molecule is C/C=C\c1c(/C=C/OC)[nH]c(CCCCCCC)c(O)c1=O. The van der Waals surface area contributed by atoms with E-state index in [2.05, 4.69) is 11.9 Å². The summed E-state index contributed by atoms with van der Waals surface area (Å²) in [5.74, 6) is -0.168. The maximum absolute atomic E-state index is 12.3. The summed E-state index contributed by atoms with van der Waals surface area (Å²) in [6.07, 6.45) is 13.0. The lowest BCUT2D eigenvalue weighted by atomic mass is 10.1. The zero-order chi connectivity index (χ0) is 16.4. The van der Waals surface area contributed by atoms with Crippen LogP contribution in [-0.4, -0.2) is 17.2 Å². The van der Waals surface area contributed by atoms with E-state index in [0.29, 0.717) is 23.4 Å². The molecule has 1 heterocycles. The number of H-pyrrole nitrogens is 1. The first kappa shape index (κ1) is 18.1. The smallest absolute Gasteiger partial charge is 0.231 e. The first-order chi connectivity index (χ1) is 10.7. The van der Waals surface area contributed by atoms with Crippen molar-refractivity contribution in [3.05, 3.63) is 39.5 Å². The van der Waals surface area contributed by atoms with Crippen molar-refractivity contribution in [2.24, 2.45) is 0 Å². The molecule has 0 aliphatic rings. The number of ether oxygens (including phenoxy) is 1. The lowest BCUT2D eigenvalue weighted by Crippen LogP contribution is -2.12. The molecule has 0 radical (unpaired) electrons. The molecule has 1 rings (SSSR count). The fourth-order valence-corrected chi connectivity index (χ4v) is 2.36. The van der Waals surface area contributed by atoms with Crippen LogP contribution in [0.15, 0.2) is 17.1 Å². The Kier molecular flexibility index (Phi) is 8.11. The second-order valence-corrected chi connectivity index (χ2v) is 5.31. The average Bonchev–Trinajstić information content (AvgIpc) is 2.52. The molecule has 0 aliphatic heterocycles. The highest BCUT2D eigenvalue weighted by Crippen LogP contribution is 2.18. The number of hydrogen-bond donors (Lipinski definition) is 2. The number of nitrogens with one attached hydrogen (secondary N) is 1. The van der Waals surface area contributed by atoms with Crippen LogP contribution in [0, 0.1) is 0 Å². The molecule has 0 unspecified atom stereocenters. The van der Waals surface area contributed by atoms with Gasteiger partial charge < -0.3 is 14.8 Å². The molecule has 122 valence electrons. The van der Waals surface area contributed by atoms with Crippen LogP contribution in [0.4, 0.5) is 0 Å². The lowest BCUT2D eigenvalue weighted by Gasteiger charge is -2.09. The van der Waals surface area contributed by atoms with Crippen molar-refractivity contribution < 1.29 is 9.84 Å². The van der Waals surface area contributed by atoms with Gasteiger partial charge in [0.15, 0.2) is 5.75 Å². The number of aryl methyl sites for hydroxylation is 1. The average molecular weight is 305 g/mol. The maximum atomic E-state index is 12.3. The Bertz CT molecular complexity index is 570. The van der Waals surface area contributed by atoms with Gasteiger partial charge in [0, 0.05) is 5.56 Å². The van der Waals surface area contributed by atoms with Gasteiger partial charge in [-0.1, -0.05) is 44.8 Å². The van der Waals surface area contributed by atoms with Crippen molar-refractivity contribution in [1.82, 2.24) is 4.98 Å². The topological polar surface area (TPSA) is 62.3 Å². The van der Waals surface area contributed by atoms with E-state index in [1.54, 1.807) is 25.3 Å². The van der Waals surface area contributed by atoms with E-state index in [-0.39, 0.29) is 11.2 Å². The molecule has 0 aliphatic carbocycles. The van der Waals surface area contributed by atoms with Crippen molar-refractivity contribution in [2.45, 2.75) is 52.4 Å². The number of hydrogen-bond acceptors (Lipinski definition) is 3. The monoisotopic (exact) mass is 305 g/mol. The molecule has 0 saturated carbocycles. The van der Waals surface area contributed by atoms with Gasteiger partial charge in [0.1, 0.15) is 0 Å². The molecule has 0 saturated heterocycles. The van der Waals surface area contributed by atoms with Gasteiger partial charge in [0.05, 0.1) is 24.8 Å². The summed E-state index contributed by atoms with van der Waals surface area (Å²) < 4.78 is 4.93. The number of unbranched alkanes of at least 4 members (excludes halogenated alkanes) is 4. The minimum Gasteiger partial charge on any atom is -0.504 e. The van der Waals surface area contributed by atoms with Crippen LogP contribution < -0.4 is 5.43 Å². The largest absolute Gasteiger partial charge is 0.504 e. The van der Waals surface area contributed by atoms with Crippen LogP contribution in [0.3, 0.4) is 0 Å². The molecule has 4 nitrogen and oxygen atoms in total. The van der Waals surface area contributed by atoms with E-state index in [1.807, 2.05) is 6.92 Å². The van der Waals surface area contributed by atoms with Gasteiger partial charge in [-0.2, -0.15) is 0 Å². The Morgan fingerprint density at radius 3 is 2.55 bits per heavy atom. The predicted octanol–water partition coefficient (Wildman–Crippen LogP) is 4.24. The first-order valence-electron chi connectivity index (χ1n) is 7.95. The lowest BCUT2D eigenvalue weighted by molar-refractivity contribution is 0.341. The minimum absolute atomic E-state index is 0.168. The van der Waals surface area contributed by atoms with E-state index in [9.17, 15) is 9.90 Å². The molecule has 22 heavy (non-hydrogen) atoms. The van der Waals surface area contributed by atoms with Crippen molar-refractivity contribution in [1.29, 1.82) is 0 Å². The Labute approximate surface area is 132 Å². The van der Waals surface area contributed by atoms with Crippen molar-refractivity contribution in [3.63, 3.8) is 0 Å². The molecule has 0 fully saturated rings. The van der Waals surface area contributed by atoms with Crippen molar-refractivity contribution in [3.8, 4) is 5.75 Å². The molecule has 0 amide bonds. The Hall–Kier alpha value is -1.97. The van der Waals surface area contributed by atoms with Crippen LogP contribution >= 0.6 is 0 Å². The zero-order valence-corrected chi connectivity index (χ0v) is 13.8. The number of allylic oxidation sites excluding steroid dienone is 1. The number of aromatic hydroxyl groups is 1. The third-order valence-electron chi connectivity index (χ3n) is 3.56. The van der Waals surface area contributed by atoms with E-state index in [1.165, 1.54) is 25.5 Å². The Balaban J connectivity index is 3.00. The number of pyridine rings is 1. The minimum atomic E-state index is -0.337. The highest BCUT2D eigenvalue weighted by atomic mass is 16.5. The molecule has 1 aromatic heterocycles. The summed E-state index contributed by atoms with van der Waals surface area (Å²) in [5, 5.41) is 10.1. The second-order valence-electron chi connectivity index (χ2n) is 5.31. The predicted molar refractivity (Wildman–Crippen MR) is 91.9 cm³/mol. The summed E-state index contributed by atoms with van der Waals surface area (Å²) in [7, 11) is 1.55. The van der Waals surface area contributed by atoms with Crippen molar-refractivity contribution in [2.75, 3.05) is 7.11 Å². The third kappa shape index (κ3) is 5.10. The summed E-state index contributed by atoms with van der Waals surface area (Å²) in [4.78, 5) is 15.5. The summed E-state index contributed by atoms with van der Waals surface area (Å²) in [5.41, 5.74) is 1.37. The molecule has 1 aromatic rings. The first-order valence-corrected chi connectivity index (χ1v) is 7.95. The van der Waals surface area contributed by atoms with Gasteiger partial charge in [0.25, 0.3) is 0 Å². The zero-order valence-electron chi connectivity index (χ0n) is 13.8. The normalized spacial score (nSPS) is 11.6. The fraction of sp³-hybridized carbons (Fsp3) is 0.500. The maximum Gasteiger partial charge on any atom is 0.231 e. The molecule has 4 heteroatoms. The summed E-state index contributed by atoms with van der Waals surface area (Å²) in [6, 6.07) is 0. The Morgan fingerprint density at radius 2 is 1.91 bits per heavy atom. The molecule has 2 N–H and O–H groups in total. The summed E-state index contributed by atoms with van der Waals surface area (Å²) in [6.45, 7) is 4.01. The molecular formula is C18H27NO3. The van der Waals surface area contributed by atoms with E-state index in [4.69, 9.17) is 4.74 Å². The van der Waals surface area contributed by atoms with Crippen LogP contribution in [-0.2, 0) is 11.2 Å². The standard InChI is InChI=1S/C18H27NO3/c1-4-6-7-8-9-11-16-18(21)17(20)14(10-5-2)15(19-16)12-13-22-3/h5,10,12-13,21H,4,6-9,11H2,1-3H3,(H,19,20)/b10-5-,13-12+. The van der Waals surface area contributed by atoms with E-state index >= 15 is 0 Å². The van der Waals surface area contributed by atoms with Crippen LogP contribution in [0.5, 0.6) is 5.75 Å². The Morgan fingerprint density at radius 1 is 1.18 bits per heavy atom. The number of aromatic amines is 1. The molecule has 0 spiro atoms. The second kappa shape index (κ2) is 9.87. The van der Waals surface area contributed by atoms with Crippen LogP contribution in [0.25, 0.3) is 12.2 Å². The van der Waals surface area contributed by atoms with Crippen LogP contribution in [0.1, 0.15) is 62.9 Å². The number of aromatic nitrogens is 1. The van der Waals surface area contributed by atoms with Gasteiger partial charge in [-0.25, -0.2) is 0 Å². The van der Waals surface area contributed by atoms with Crippen molar-refractivity contribution >= 4 is 12.2 Å². The summed E-state index contributed by atoms with van der Waals surface area (Å²) >= 11 is 0. The van der Waals surface area contributed by atoms with E-state index < -0.39 is 0 Å². The van der Waals surface area contributed by atoms with Crippen LogP contribution in [0.2, 0.25) is 0 Å². The van der Waals surface area contributed by atoms with Gasteiger partial charge in [-0.3, -0.25) is 4.79 Å². The number of methoxy groups -OCH3 is 1. The van der Waals surface area contributed by atoms with Gasteiger partial charge in [-0.05, 0) is 25.8 Å². The van der Waals surface area contributed by atoms with Gasteiger partial charge in [-0.15, -0.1) is 0 Å². The molecule has 0 aromatic carbocycles. The quantitative estimate of drug-likeness (QED) is 0.530. The highest BCUT2D eigenvalue weighted by Gasteiger charge is 2.13. The highest BCUT2D eigenvalue weighted by molar-refractivity contribution is 5.63. The van der Waals surface area contributed by atoms with E-state index in [0.717, 1.165) is 12.8 Å². The fourth-order valence-electron chi connectivity index (χ4n) is 2.36. The number of rotatable bonds is 9. The third-order valence-corrected chi connectivity index (χ3v) is 3.56. The van der Waals surface area contributed by atoms with Gasteiger partial charge in [0.2, 0.25) is 5.43 Å². The molecule has 0 bridgehead atoms. The van der Waals surface area contributed by atoms with Gasteiger partial charge >= 0.3 is 0 Å².